The Kier molecular flexibility index (Phi) is 4.45. The van der Waals surface area contributed by atoms with Crippen LogP contribution in [0.15, 0.2) is 15.6 Å². The number of hydrogen-bond acceptors (Lipinski definition) is 5. The summed E-state index contributed by atoms with van der Waals surface area (Å²) in [5.74, 6) is 1.71. The fraction of sp³-hybridized carbons (Fsp3) is 0.364. The van der Waals surface area contributed by atoms with Crippen molar-refractivity contribution in [3.05, 3.63) is 17.5 Å². The van der Waals surface area contributed by atoms with Crippen LogP contribution >= 0.6 is 0 Å². The molecule has 92 valence electrons. The first-order chi connectivity index (χ1) is 8.20. The minimum atomic E-state index is 0.399. The lowest BCUT2D eigenvalue weighted by atomic mass is 10.4. The van der Waals surface area contributed by atoms with E-state index in [9.17, 15) is 0 Å². The summed E-state index contributed by atoms with van der Waals surface area (Å²) in [6.07, 6.45) is 1.61. The molecule has 0 spiro atoms. The maximum atomic E-state index is 5.68. The van der Waals surface area contributed by atoms with Gasteiger partial charge in [0.05, 0.1) is 0 Å². The van der Waals surface area contributed by atoms with Crippen LogP contribution in [0.4, 0.5) is 5.82 Å². The Morgan fingerprint density at radius 1 is 1.47 bits per heavy atom. The first-order valence-corrected chi connectivity index (χ1v) is 5.42. The van der Waals surface area contributed by atoms with Gasteiger partial charge in [-0.1, -0.05) is 19.0 Å². The standard InChI is InChI=1S/C9H11N5O.C2H6/c1-5-3-6(14-15-5)9-12-7(4-11-2)8(10)13-9;1-2/h3-4H,10H2,1-2H3,(H,12,13);1-2H3. The molecule has 0 aromatic carbocycles. The normalized spacial score (nSPS) is 10.4. The molecule has 0 radical (unpaired) electrons. The van der Waals surface area contributed by atoms with Crippen molar-refractivity contribution in [2.75, 3.05) is 12.8 Å². The smallest absolute Gasteiger partial charge is 0.162 e. The molecule has 0 amide bonds. The number of H-pyrrole nitrogens is 1. The average Bonchev–Trinajstić information content (AvgIpc) is 2.90. The molecule has 0 unspecified atom stereocenters. The summed E-state index contributed by atoms with van der Waals surface area (Å²) in [6, 6.07) is 1.78. The molecular weight excluding hydrogens is 218 g/mol. The molecule has 2 rings (SSSR count). The Morgan fingerprint density at radius 3 is 2.71 bits per heavy atom. The topological polar surface area (TPSA) is 93.1 Å². The van der Waals surface area contributed by atoms with E-state index >= 15 is 0 Å². The van der Waals surface area contributed by atoms with Crippen LogP contribution in [0.1, 0.15) is 25.3 Å². The number of aromatic nitrogens is 3. The summed E-state index contributed by atoms with van der Waals surface area (Å²) < 4.78 is 4.94. The van der Waals surface area contributed by atoms with Crippen LogP contribution < -0.4 is 5.73 Å². The highest BCUT2D eigenvalue weighted by molar-refractivity contribution is 5.84. The summed E-state index contributed by atoms with van der Waals surface area (Å²) in [5, 5.41) is 3.83. The number of nitrogens with two attached hydrogens (primary N) is 1. The second-order valence-electron chi connectivity index (χ2n) is 3.09. The molecule has 6 heteroatoms. The van der Waals surface area contributed by atoms with Crippen LogP contribution in [0, 0.1) is 6.92 Å². The molecule has 2 aromatic heterocycles. The fourth-order valence-electron chi connectivity index (χ4n) is 1.23. The lowest BCUT2D eigenvalue weighted by molar-refractivity contribution is 0.399. The summed E-state index contributed by atoms with van der Waals surface area (Å²) >= 11 is 0. The zero-order valence-electron chi connectivity index (χ0n) is 10.5. The van der Waals surface area contributed by atoms with E-state index in [4.69, 9.17) is 10.3 Å². The number of imidazole rings is 1. The van der Waals surface area contributed by atoms with Gasteiger partial charge >= 0.3 is 0 Å². The van der Waals surface area contributed by atoms with Gasteiger partial charge in [0.1, 0.15) is 17.1 Å². The van der Waals surface area contributed by atoms with Crippen LogP contribution in [0.5, 0.6) is 0 Å². The SMILES string of the molecule is CC.CN=Cc1[nH]c(-c2cc(C)on2)nc1N. The van der Waals surface area contributed by atoms with Crippen molar-refractivity contribution in [1.82, 2.24) is 15.1 Å². The van der Waals surface area contributed by atoms with Crippen LogP contribution in [0.3, 0.4) is 0 Å². The predicted octanol–water partition coefficient (Wildman–Crippen LogP) is 2.03. The molecule has 0 atom stereocenters. The van der Waals surface area contributed by atoms with Crippen molar-refractivity contribution in [3.63, 3.8) is 0 Å². The minimum absolute atomic E-state index is 0.399. The molecule has 3 N–H and O–H groups in total. The van der Waals surface area contributed by atoms with E-state index in [1.807, 2.05) is 20.8 Å². The Labute approximate surface area is 99.9 Å². The Morgan fingerprint density at radius 2 is 2.18 bits per heavy atom. The zero-order valence-corrected chi connectivity index (χ0v) is 10.5. The van der Waals surface area contributed by atoms with Crippen molar-refractivity contribution in [1.29, 1.82) is 0 Å². The van der Waals surface area contributed by atoms with Gasteiger partial charge in [-0.05, 0) is 6.92 Å². The monoisotopic (exact) mass is 235 g/mol. The largest absolute Gasteiger partial charge is 0.382 e. The molecule has 2 aromatic rings. The Hall–Kier alpha value is -2.11. The Balaban J connectivity index is 0.000000686. The van der Waals surface area contributed by atoms with Gasteiger partial charge in [0.15, 0.2) is 11.6 Å². The number of hydrogen-bond donors (Lipinski definition) is 2. The van der Waals surface area contributed by atoms with Crippen molar-refractivity contribution in [3.8, 4) is 11.5 Å². The molecule has 0 bridgehead atoms. The number of nitrogen functional groups attached to an aromatic ring is 1. The second-order valence-corrected chi connectivity index (χ2v) is 3.09. The molecule has 0 aliphatic rings. The summed E-state index contributed by atoms with van der Waals surface area (Å²) in [4.78, 5) is 11.0. The molecule has 6 nitrogen and oxygen atoms in total. The molecule has 0 saturated carbocycles. The Bertz CT molecular complexity index is 498. The van der Waals surface area contributed by atoms with E-state index in [-0.39, 0.29) is 0 Å². The number of aliphatic imine (C=N–C) groups is 1. The minimum Gasteiger partial charge on any atom is -0.382 e. The van der Waals surface area contributed by atoms with Gasteiger partial charge in [-0.3, -0.25) is 4.99 Å². The second kappa shape index (κ2) is 5.83. The molecule has 0 fully saturated rings. The average molecular weight is 235 g/mol. The van der Waals surface area contributed by atoms with Crippen molar-refractivity contribution >= 4 is 12.0 Å². The number of anilines is 1. The highest BCUT2D eigenvalue weighted by Gasteiger charge is 2.10. The van der Waals surface area contributed by atoms with Crippen LogP contribution in [0.25, 0.3) is 11.5 Å². The first kappa shape index (κ1) is 13.0. The lowest BCUT2D eigenvalue weighted by Gasteiger charge is -1.85. The van der Waals surface area contributed by atoms with Crippen molar-refractivity contribution < 1.29 is 4.52 Å². The van der Waals surface area contributed by atoms with Crippen LogP contribution in [-0.2, 0) is 0 Å². The molecule has 0 saturated heterocycles. The lowest BCUT2D eigenvalue weighted by Crippen LogP contribution is -1.90. The van der Waals surface area contributed by atoms with Gasteiger partial charge in [0.2, 0.25) is 0 Å². The van der Waals surface area contributed by atoms with Crippen LogP contribution in [-0.4, -0.2) is 28.4 Å². The van der Waals surface area contributed by atoms with Crippen molar-refractivity contribution in [2.24, 2.45) is 4.99 Å². The third-order valence-electron chi connectivity index (χ3n) is 1.89. The van der Waals surface area contributed by atoms with E-state index < -0.39 is 0 Å². The summed E-state index contributed by atoms with van der Waals surface area (Å²) in [5.41, 5.74) is 6.99. The van der Waals surface area contributed by atoms with E-state index in [2.05, 4.69) is 20.1 Å². The first-order valence-electron chi connectivity index (χ1n) is 5.42. The predicted molar refractivity (Wildman–Crippen MR) is 68.1 cm³/mol. The summed E-state index contributed by atoms with van der Waals surface area (Å²) in [7, 11) is 1.67. The number of rotatable bonds is 2. The van der Waals surface area contributed by atoms with Crippen LogP contribution in [0.2, 0.25) is 0 Å². The number of aromatic amines is 1. The van der Waals surface area contributed by atoms with E-state index in [0.717, 1.165) is 5.76 Å². The van der Waals surface area contributed by atoms with Gasteiger partial charge in [-0.25, -0.2) is 4.98 Å². The highest BCUT2D eigenvalue weighted by atomic mass is 16.5. The van der Waals surface area contributed by atoms with E-state index in [1.54, 1.807) is 19.3 Å². The van der Waals surface area contributed by atoms with Gasteiger partial charge in [-0.15, -0.1) is 0 Å². The summed E-state index contributed by atoms with van der Waals surface area (Å²) in [6.45, 7) is 5.82. The van der Waals surface area contributed by atoms with Crippen molar-refractivity contribution in [2.45, 2.75) is 20.8 Å². The molecule has 0 aliphatic heterocycles. The quantitative estimate of drug-likeness (QED) is 0.779. The molecular formula is C11H17N5O. The zero-order chi connectivity index (χ0) is 12.8. The molecule has 17 heavy (non-hydrogen) atoms. The highest BCUT2D eigenvalue weighted by Crippen LogP contribution is 2.18. The maximum Gasteiger partial charge on any atom is 0.162 e. The number of aryl methyl sites for hydroxylation is 1. The van der Waals surface area contributed by atoms with E-state index in [1.165, 1.54) is 0 Å². The van der Waals surface area contributed by atoms with Gasteiger partial charge < -0.3 is 15.2 Å². The fourth-order valence-corrected chi connectivity index (χ4v) is 1.23. The third-order valence-corrected chi connectivity index (χ3v) is 1.89. The van der Waals surface area contributed by atoms with Gasteiger partial charge in [0.25, 0.3) is 0 Å². The van der Waals surface area contributed by atoms with E-state index in [0.29, 0.717) is 23.0 Å². The maximum absolute atomic E-state index is 5.68. The molecule has 2 heterocycles. The number of nitrogens with one attached hydrogen (secondary N) is 1. The number of nitrogens with zero attached hydrogens (tertiary/aromatic N) is 3. The molecule has 0 aliphatic carbocycles. The van der Waals surface area contributed by atoms with Gasteiger partial charge in [0, 0.05) is 19.3 Å². The third kappa shape index (κ3) is 2.93. The van der Waals surface area contributed by atoms with Gasteiger partial charge in [-0.2, -0.15) is 0 Å².